The lowest BCUT2D eigenvalue weighted by molar-refractivity contribution is 0.188. The van der Waals surface area contributed by atoms with Gasteiger partial charge in [0, 0.05) is 31.6 Å². The summed E-state index contributed by atoms with van der Waals surface area (Å²) in [6, 6.07) is 8.62. The number of anilines is 1. The molecule has 1 aliphatic heterocycles. The quantitative estimate of drug-likeness (QED) is 0.806. The molecule has 1 aromatic heterocycles. The first-order valence-electron chi connectivity index (χ1n) is 9.63. The molecular weight excluding hydrogens is 314 g/mol. The Morgan fingerprint density at radius 3 is 2.71 bits per heavy atom. The number of fused-ring (bicyclic) bond motifs is 1. The van der Waals surface area contributed by atoms with Crippen LogP contribution in [0, 0.1) is 11.8 Å². The molecule has 2 aromatic rings. The molecule has 1 aromatic carbocycles. The van der Waals surface area contributed by atoms with Gasteiger partial charge in [0.25, 0.3) is 0 Å². The van der Waals surface area contributed by atoms with Crippen molar-refractivity contribution in [1.82, 2.24) is 9.27 Å². The zero-order valence-electron chi connectivity index (χ0n) is 14.8. The molecule has 1 saturated carbocycles. The highest BCUT2D eigenvalue weighted by molar-refractivity contribution is 7.13. The summed E-state index contributed by atoms with van der Waals surface area (Å²) >= 11 is 1.63. The van der Waals surface area contributed by atoms with Gasteiger partial charge in [-0.15, -0.1) is 0 Å². The fourth-order valence-corrected chi connectivity index (χ4v) is 5.25. The highest BCUT2D eigenvalue weighted by atomic mass is 32.1. The van der Waals surface area contributed by atoms with Crippen LogP contribution in [0.25, 0.3) is 10.1 Å². The van der Waals surface area contributed by atoms with E-state index < -0.39 is 0 Å². The molecule has 2 fully saturated rings. The molecule has 0 radical (unpaired) electrons. The van der Waals surface area contributed by atoms with Gasteiger partial charge < -0.3 is 4.90 Å². The Labute approximate surface area is 149 Å². The van der Waals surface area contributed by atoms with E-state index in [2.05, 4.69) is 41.0 Å². The molecule has 0 N–H and O–H groups in total. The maximum Gasteiger partial charge on any atom is 0.150 e. The van der Waals surface area contributed by atoms with Crippen molar-refractivity contribution in [1.29, 1.82) is 0 Å². The summed E-state index contributed by atoms with van der Waals surface area (Å²) in [6.45, 7) is 8.37. The van der Waals surface area contributed by atoms with Crippen molar-refractivity contribution in [2.75, 3.05) is 37.6 Å². The minimum atomic E-state index is 0.946. The Bertz CT molecular complexity index is 660. The largest absolute Gasteiger partial charge is 0.353 e. The van der Waals surface area contributed by atoms with E-state index in [1.807, 2.05) is 0 Å². The van der Waals surface area contributed by atoms with Crippen molar-refractivity contribution in [2.24, 2.45) is 11.8 Å². The summed E-state index contributed by atoms with van der Waals surface area (Å²) in [7, 11) is 0. The average molecular weight is 344 g/mol. The van der Waals surface area contributed by atoms with Crippen LogP contribution in [0.2, 0.25) is 0 Å². The van der Waals surface area contributed by atoms with Gasteiger partial charge in [-0.05, 0) is 48.5 Å². The summed E-state index contributed by atoms with van der Waals surface area (Å²) in [4.78, 5) is 5.16. The predicted molar refractivity (Wildman–Crippen MR) is 104 cm³/mol. The second kappa shape index (κ2) is 7.40. The fraction of sp³-hybridized carbons (Fsp3) is 0.650. The molecule has 0 spiro atoms. The van der Waals surface area contributed by atoms with Crippen LogP contribution < -0.4 is 4.90 Å². The molecule has 0 amide bonds. The monoisotopic (exact) mass is 343 g/mol. The Hall–Kier alpha value is -1.13. The average Bonchev–Trinajstić information content (AvgIpc) is 3.06. The normalized spacial score (nSPS) is 26.1. The third kappa shape index (κ3) is 3.45. The van der Waals surface area contributed by atoms with Gasteiger partial charge in [0.1, 0.15) is 5.82 Å². The first kappa shape index (κ1) is 16.3. The maximum absolute atomic E-state index is 4.72. The Balaban J connectivity index is 1.30. The van der Waals surface area contributed by atoms with Gasteiger partial charge in [-0.2, -0.15) is 4.37 Å². The molecule has 24 heavy (non-hydrogen) atoms. The summed E-state index contributed by atoms with van der Waals surface area (Å²) in [5.41, 5.74) is 0. The Morgan fingerprint density at radius 1 is 1.08 bits per heavy atom. The Morgan fingerprint density at radius 2 is 1.88 bits per heavy atom. The van der Waals surface area contributed by atoms with Gasteiger partial charge in [-0.3, -0.25) is 4.90 Å². The predicted octanol–water partition coefficient (Wildman–Crippen LogP) is 4.63. The van der Waals surface area contributed by atoms with Crippen molar-refractivity contribution in [2.45, 2.75) is 39.0 Å². The van der Waals surface area contributed by atoms with E-state index >= 15 is 0 Å². The number of hydrogen-bond acceptors (Lipinski definition) is 4. The van der Waals surface area contributed by atoms with Crippen molar-refractivity contribution in [3.05, 3.63) is 24.3 Å². The summed E-state index contributed by atoms with van der Waals surface area (Å²) in [6.07, 6.45) is 7.24. The number of hydrogen-bond donors (Lipinski definition) is 0. The van der Waals surface area contributed by atoms with E-state index in [1.54, 1.807) is 11.5 Å². The third-order valence-electron chi connectivity index (χ3n) is 6.14. The van der Waals surface area contributed by atoms with Gasteiger partial charge >= 0.3 is 0 Å². The van der Waals surface area contributed by atoms with E-state index in [-0.39, 0.29) is 0 Å². The number of piperazine rings is 1. The molecule has 2 heterocycles. The van der Waals surface area contributed by atoms with Crippen molar-refractivity contribution in [3.8, 4) is 0 Å². The van der Waals surface area contributed by atoms with Gasteiger partial charge in [0.2, 0.25) is 0 Å². The molecule has 4 heteroatoms. The fourth-order valence-electron chi connectivity index (χ4n) is 4.45. The smallest absolute Gasteiger partial charge is 0.150 e. The summed E-state index contributed by atoms with van der Waals surface area (Å²) in [5.74, 6) is 3.12. The van der Waals surface area contributed by atoms with Crippen LogP contribution in [-0.2, 0) is 0 Å². The lowest BCUT2D eigenvalue weighted by Gasteiger charge is -2.37. The third-order valence-corrected chi connectivity index (χ3v) is 6.95. The van der Waals surface area contributed by atoms with Crippen LogP contribution in [0.1, 0.15) is 39.0 Å². The standard InChI is InChI=1S/C20H29N3S/c1-16-6-2-3-7-17(16)10-11-22-12-14-23(15-13-22)20-18-8-4-5-9-19(18)24-21-20/h4-5,8-9,16-17H,2-3,6-7,10-15H2,1H3. The molecule has 1 saturated heterocycles. The van der Waals surface area contributed by atoms with Gasteiger partial charge in [0.15, 0.2) is 0 Å². The van der Waals surface area contributed by atoms with E-state index in [9.17, 15) is 0 Å². The van der Waals surface area contributed by atoms with Crippen molar-refractivity contribution >= 4 is 27.4 Å². The van der Waals surface area contributed by atoms with Crippen LogP contribution in [-0.4, -0.2) is 42.0 Å². The lowest BCUT2D eigenvalue weighted by atomic mass is 9.78. The number of nitrogens with zero attached hydrogens (tertiary/aromatic N) is 3. The first-order chi connectivity index (χ1) is 11.8. The van der Waals surface area contributed by atoms with E-state index in [0.717, 1.165) is 24.9 Å². The molecule has 4 rings (SSSR count). The van der Waals surface area contributed by atoms with Crippen molar-refractivity contribution in [3.63, 3.8) is 0 Å². The molecule has 3 nitrogen and oxygen atoms in total. The highest BCUT2D eigenvalue weighted by Gasteiger charge is 2.24. The van der Waals surface area contributed by atoms with E-state index in [4.69, 9.17) is 4.37 Å². The maximum atomic E-state index is 4.72. The van der Waals surface area contributed by atoms with Crippen LogP contribution in [0.4, 0.5) is 5.82 Å². The molecule has 2 atom stereocenters. The van der Waals surface area contributed by atoms with E-state index in [0.29, 0.717) is 0 Å². The minimum absolute atomic E-state index is 0.946. The molecule has 2 unspecified atom stereocenters. The number of rotatable bonds is 4. The zero-order chi connectivity index (χ0) is 16.4. The minimum Gasteiger partial charge on any atom is -0.353 e. The number of aromatic nitrogens is 1. The molecule has 1 aliphatic carbocycles. The topological polar surface area (TPSA) is 19.4 Å². The molecule has 0 bridgehead atoms. The Kier molecular flexibility index (Phi) is 5.04. The summed E-state index contributed by atoms with van der Waals surface area (Å²) < 4.78 is 6.03. The van der Waals surface area contributed by atoms with Crippen LogP contribution >= 0.6 is 11.5 Å². The summed E-state index contributed by atoms with van der Waals surface area (Å²) in [5, 5.41) is 1.33. The van der Waals surface area contributed by atoms with Gasteiger partial charge in [-0.25, -0.2) is 0 Å². The SMILES string of the molecule is CC1CCCCC1CCN1CCN(c2nsc3ccccc23)CC1. The second-order valence-corrected chi connectivity index (χ2v) is 8.45. The lowest BCUT2D eigenvalue weighted by Crippen LogP contribution is -2.47. The van der Waals surface area contributed by atoms with Crippen LogP contribution in [0.5, 0.6) is 0 Å². The highest BCUT2D eigenvalue weighted by Crippen LogP contribution is 2.32. The van der Waals surface area contributed by atoms with E-state index in [1.165, 1.54) is 67.6 Å². The zero-order valence-corrected chi connectivity index (χ0v) is 15.6. The number of benzene rings is 1. The molecule has 2 aliphatic rings. The van der Waals surface area contributed by atoms with Crippen LogP contribution in [0.3, 0.4) is 0 Å². The van der Waals surface area contributed by atoms with Crippen molar-refractivity contribution < 1.29 is 0 Å². The molecular formula is C20H29N3S. The molecule has 130 valence electrons. The van der Waals surface area contributed by atoms with Crippen LogP contribution in [0.15, 0.2) is 24.3 Å². The van der Waals surface area contributed by atoms with Gasteiger partial charge in [-0.1, -0.05) is 44.7 Å². The van der Waals surface area contributed by atoms with Gasteiger partial charge in [0.05, 0.1) is 4.70 Å². The first-order valence-corrected chi connectivity index (χ1v) is 10.4. The second-order valence-electron chi connectivity index (χ2n) is 7.64.